The Labute approximate surface area is 202 Å². The molecule has 0 saturated carbocycles. The molecule has 9 nitrogen and oxygen atoms in total. The lowest BCUT2D eigenvalue weighted by Gasteiger charge is -2.18. The number of aromatic nitrogens is 1. The number of hydrogen-bond acceptors (Lipinski definition) is 6. The average molecular weight is 478 g/mol. The zero-order chi connectivity index (χ0) is 25.1. The number of amides is 4. The smallest absolute Gasteiger partial charge is 0.339 e. The lowest BCUT2D eigenvalue weighted by molar-refractivity contribution is -0.139. The average Bonchev–Trinajstić information content (AvgIpc) is 3.29. The summed E-state index contributed by atoms with van der Waals surface area (Å²) in [7, 11) is 0. The second-order valence-corrected chi connectivity index (χ2v) is 8.24. The zero-order valence-corrected chi connectivity index (χ0v) is 19.9. The number of hydrogen-bond donors (Lipinski definition) is 1. The number of nitrogens with one attached hydrogen (secondary N) is 1. The molecule has 2 aromatic carbocycles. The van der Waals surface area contributed by atoms with Gasteiger partial charge in [-0.3, -0.25) is 14.4 Å². The van der Waals surface area contributed by atoms with Gasteiger partial charge in [-0.1, -0.05) is 32.0 Å². The highest BCUT2D eigenvalue weighted by Gasteiger charge is 2.46. The number of aromatic amines is 1. The quantitative estimate of drug-likeness (QED) is 0.266. The maximum absolute atomic E-state index is 13.1. The highest BCUT2D eigenvalue weighted by molar-refractivity contribution is 6.53. The van der Waals surface area contributed by atoms with E-state index in [1.807, 2.05) is 26.0 Å². The van der Waals surface area contributed by atoms with E-state index in [0.717, 1.165) is 23.3 Å². The van der Waals surface area contributed by atoms with E-state index in [-0.39, 0.29) is 5.69 Å². The van der Waals surface area contributed by atoms with Crippen molar-refractivity contribution in [2.45, 2.75) is 33.6 Å². The third kappa shape index (κ3) is 4.49. The van der Waals surface area contributed by atoms with Gasteiger partial charge in [0, 0.05) is 28.2 Å². The molecule has 0 atom stereocenters. The molecular weight excluding hydrogens is 450 g/mol. The van der Waals surface area contributed by atoms with Crippen LogP contribution in [-0.4, -0.2) is 53.3 Å². The van der Waals surface area contributed by atoms with Crippen molar-refractivity contribution in [3.8, 4) is 11.5 Å². The third-order valence-corrected chi connectivity index (χ3v) is 5.64. The molecule has 0 bridgehead atoms. The van der Waals surface area contributed by atoms with Crippen molar-refractivity contribution in [3.05, 3.63) is 53.7 Å². The van der Waals surface area contributed by atoms with Crippen molar-refractivity contribution in [3.63, 3.8) is 0 Å². The first-order chi connectivity index (χ1) is 16.9. The molecule has 1 fully saturated rings. The Morgan fingerprint density at radius 1 is 0.914 bits per heavy atom. The molecule has 0 aliphatic carbocycles. The summed E-state index contributed by atoms with van der Waals surface area (Å²) >= 11 is 0. The number of aryl methyl sites for hydroxylation is 1. The molecule has 1 aliphatic heterocycles. The summed E-state index contributed by atoms with van der Waals surface area (Å²) < 4.78 is 11.4. The van der Waals surface area contributed by atoms with Gasteiger partial charge in [-0.2, -0.15) is 0 Å². The van der Waals surface area contributed by atoms with Crippen LogP contribution < -0.4 is 14.4 Å². The lowest BCUT2D eigenvalue weighted by atomic mass is 10.1. The molecule has 182 valence electrons. The second-order valence-electron chi connectivity index (χ2n) is 8.24. The van der Waals surface area contributed by atoms with Crippen molar-refractivity contribution in [1.29, 1.82) is 0 Å². The molecule has 0 radical (unpaired) electrons. The van der Waals surface area contributed by atoms with E-state index in [4.69, 9.17) is 9.47 Å². The number of benzene rings is 2. The van der Waals surface area contributed by atoms with Gasteiger partial charge < -0.3 is 14.5 Å². The van der Waals surface area contributed by atoms with E-state index in [1.165, 1.54) is 12.1 Å². The van der Waals surface area contributed by atoms with Crippen molar-refractivity contribution in [2.24, 2.45) is 0 Å². The number of rotatable bonds is 10. The van der Waals surface area contributed by atoms with Gasteiger partial charge >= 0.3 is 17.8 Å². The summed E-state index contributed by atoms with van der Waals surface area (Å²) in [6.07, 6.45) is 1.55. The Balaban J connectivity index is 1.60. The van der Waals surface area contributed by atoms with E-state index in [1.54, 1.807) is 25.1 Å². The number of nitrogens with zero attached hydrogens (tertiary/aromatic N) is 2. The molecule has 0 spiro atoms. The summed E-state index contributed by atoms with van der Waals surface area (Å²) in [5.74, 6) is -1.66. The molecule has 1 N–H and O–H groups in total. The number of para-hydroxylation sites is 1. The fourth-order valence-electron chi connectivity index (χ4n) is 4.02. The Hall–Kier alpha value is -4.14. The molecule has 2 heterocycles. The molecule has 4 amide bonds. The van der Waals surface area contributed by atoms with Gasteiger partial charge in [-0.15, -0.1) is 0 Å². The number of carbonyl (C=O) groups excluding carboxylic acids is 4. The van der Waals surface area contributed by atoms with Gasteiger partial charge in [-0.05, 0) is 38.0 Å². The van der Waals surface area contributed by atoms with Gasteiger partial charge in [0.05, 0.1) is 25.4 Å². The van der Waals surface area contributed by atoms with Crippen LogP contribution in [0.15, 0.2) is 42.5 Å². The molecule has 1 saturated heterocycles. The number of H-pyrrole nitrogens is 1. The number of anilines is 1. The zero-order valence-electron chi connectivity index (χ0n) is 19.9. The van der Waals surface area contributed by atoms with Crippen molar-refractivity contribution >= 4 is 40.2 Å². The van der Waals surface area contributed by atoms with Crippen LogP contribution >= 0.6 is 0 Å². The van der Waals surface area contributed by atoms with E-state index in [9.17, 15) is 19.2 Å². The number of urea groups is 1. The predicted octanol–water partition coefficient (Wildman–Crippen LogP) is 4.23. The number of ether oxygens (including phenoxy) is 2. The van der Waals surface area contributed by atoms with Crippen molar-refractivity contribution in [1.82, 2.24) is 9.88 Å². The SMILES string of the molecule is CCCOc1ccc(N2C(=O)C(=O)N(CC(=O)c3c(C)[nH]c4ccccc34)C2=O)cc1OCCC. The minimum absolute atomic E-state index is 0.168. The highest BCUT2D eigenvalue weighted by atomic mass is 16.5. The standard InChI is InChI=1S/C26H27N3O6/c1-4-12-34-21-11-10-17(14-22(21)35-13-5-2)29-25(32)24(31)28(26(29)33)15-20(30)23-16(3)27-19-9-7-6-8-18(19)23/h6-11,14,27H,4-5,12-13,15H2,1-3H3. The molecule has 4 rings (SSSR count). The number of carbonyl (C=O) groups is 4. The predicted molar refractivity (Wildman–Crippen MR) is 130 cm³/mol. The molecular formula is C26H27N3O6. The van der Waals surface area contributed by atoms with Gasteiger partial charge in [0.15, 0.2) is 17.3 Å². The summed E-state index contributed by atoms with van der Waals surface area (Å²) in [6.45, 7) is 6.02. The molecule has 1 aliphatic rings. The number of fused-ring (bicyclic) bond motifs is 1. The summed E-state index contributed by atoms with van der Waals surface area (Å²) in [6, 6.07) is 11.0. The maximum atomic E-state index is 13.1. The highest BCUT2D eigenvalue weighted by Crippen LogP contribution is 2.34. The van der Waals surface area contributed by atoms with E-state index < -0.39 is 30.2 Å². The summed E-state index contributed by atoms with van der Waals surface area (Å²) in [5.41, 5.74) is 1.95. The van der Waals surface area contributed by atoms with Crippen LogP contribution in [0, 0.1) is 6.92 Å². The fourth-order valence-corrected chi connectivity index (χ4v) is 4.02. The minimum Gasteiger partial charge on any atom is -0.490 e. The molecule has 9 heteroatoms. The van der Waals surface area contributed by atoms with Crippen LogP contribution in [0.2, 0.25) is 0 Å². The third-order valence-electron chi connectivity index (χ3n) is 5.64. The molecule has 3 aromatic rings. The number of Topliss-reactive ketones (excluding diaryl/α,β-unsaturated/α-hetero) is 1. The normalized spacial score (nSPS) is 13.7. The van der Waals surface area contributed by atoms with Gasteiger partial charge in [0.1, 0.15) is 0 Å². The van der Waals surface area contributed by atoms with Gasteiger partial charge in [0.25, 0.3) is 0 Å². The number of ketones is 1. The van der Waals surface area contributed by atoms with E-state index in [2.05, 4.69) is 4.98 Å². The fraction of sp³-hybridized carbons (Fsp3) is 0.308. The summed E-state index contributed by atoms with van der Waals surface area (Å²) in [4.78, 5) is 56.3. The van der Waals surface area contributed by atoms with Gasteiger partial charge in [0.2, 0.25) is 0 Å². The van der Waals surface area contributed by atoms with Crippen LogP contribution in [0.5, 0.6) is 11.5 Å². The first-order valence-electron chi connectivity index (χ1n) is 11.6. The van der Waals surface area contributed by atoms with Crippen LogP contribution in [0.1, 0.15) is 42.7 Å². The van der Waals surface area contributed by atoms with Crippen LogP contribution in [0.3, 0.4) is 0 Å². The largest absolute Gasteiger partial charge is 0.490 e. The van der Waals surface area contributed by atoms with Crippen molar-refractivity contribution in [2.75, 3.05) is 24.7 Å². The number of imide groups is 2. The topological polar surface area (TPSA) is 109 Å². The molecule has 0 unspecified atom stereocenters. The Bertz CT molecular complexity index is 1310. The first kappa shape index (κ1) is 24.0. The van der Waals surface area contributed by atoms with Crippen LogP contribution in [0.4, 0.5) is 10.5 Å². The second kappa shape index (κ2) is 10.0. The van der Waals surface area contributed by atoms with Crippen LogP contribution in [-0.2, 0) is 9.59 Å². The maximum Gasteiger partial charge on any atom is 0.339 e. The Kier molecular flexibility index (Phi) is 6.86. The lowest BCUT2D eigenvalue weighted by Crippen LogP contribution is -2.37. The first-order valence-corrected chi connectivity index (χ1v) is 11.6. The van der Waals surface area contributed by atoms with Gasteiger partial charge in [-0.25, -0.2) is 14.6 Å². The van der Waals surface area contributed by atoms with E-state index in [0.29, 0.717) is 46.3 Å². The molecule has 35 heavy (non-hydrogen) atoms. The Morgan fingerprint density at radius 3 is 2.31 bits per heavy atom. The minimum atomic E-state index is -1.05. The van der Waals surface area contributed by atoms with Crippen LogP contribution in [0.25, 0.3) is 10.9 Å². The van der Waals surface area contributed by atoms with Crippen molar-refractivity contribution < 1.29 is 28.7 Å². The molecule has 1 aromatic heterocycles. The monoisotopic (exact) mass is 477 g/mol. The Morgan fingerprint density at radius 2 is 1.60 bits per heavy atom. The summed E-state index contributed by atoms with van der Waals surface area (Å²) in [5, 5.41) is 0.692. The van der Waals surface area contributed by atoms with E-state index >= 15 is 0 Å².